The maximum absolute atomic E-state index is 13.0. The number of para-hydroxylation sites is 1. The van der Waals surface area contributed by atoms with E-state index in [0.717, 1.165) is 11.3 Å². The second-order valence-electron chi connectivity index (χ2n) is 5.66. The van der Waals surface area contributed by atoms with Crippen LogP contribution in [0.2, 0.25) is 5.02 Å². The third kappa shape index (κ3) is 2.45. The summed E-state index contributed by atoms with van der Waals surface area (Å²) >= 11 is 6.11. The fraction of sp³-hybridized carbons (Fsp3) is 0.105. The van der Waals surface area contributed by atoms with Gasteiger partial charge < -0.3 is 4.90 Å². The van der Waals surface area contributed by atoms with E-state index in [2.05, 4.69) is 28.2 Å². The van der Waals surface area contributed by atoms with Crippen LogP contribution < -0.4 is 4.90 Å². The summed E-state index contributed by atoms with van der Waals surface area (Å²) in [6, 6.07) is 18.2. The van der Waals surface area contributed by atoms with Gasteiger partial charge in [0.05, 0.1) is 5.02 Å². The number of carbonyl (C=O) groups excluding carboxylic acids is 1. The Morgan fingerprint density at radius 3 is 2.62 bits per heavy atom. The molecule has 1 amide bonds. The fourth-order valence-corrected chi connectivity index (χ4v) is 3.35. The van der Waals surface area contributed by atoms with Crippen LogP contribution in [0.15, 0.2) is 67.1 Å². The van der Waals surface area contributed by atoms with Crippen molar-refractivity contribution >= 4 is 23.2 Å². The molecule has 0 fully saturated rings. The number of nitrogens with zero attached hydrogens (tertiary/aromatic N) is 3. The molecule has 0 radical (unpaired) electrons. The minimum atomic E-state index is -0.201. The normalized spacial score (nSPS) is 16.0. The molecule has 0 aliphatic carbocycles. The molecule has 1 aromatic heterocycles. The predicted octanol–water partition coefficient (Wildman–Crippen LogP) is 3.92. The number of rotatable bonds is 2. The standard InChI is InChI=1S/C19H14ClN3O/c20-16-10-21-12-22-18(16)19(24)23-11-15(13-6-2-1-3-7-13)14-8-4-5-9-17(14)23/h1-10,12,15H,11H2. The van der Waals surface area contributed by atoms with Gasteiger partial charge in [0.1, 0.15) is 6.33 Å². The highest BCUT2D eigenvalue weighted by atomic mass is 35.5. The highest BCUT2D eigenvalue weighted by Crippen LogP contribution is 2.40. The Hall–Kier alpha value is -2.72. The molecule has 5 heteroatoms. The Morgan fingerprint density at radius 1 is 1.08 bits per heavy atom. The quantitative estimate of drug-likeness (QED) is 0.713. The van der Waals surface area contributed by atoms with Gasteiger partial charge in [-0.05, 0) is 17.2 Å². The van der Waals surface area contributed by atoms with Crippen molar-refractivity contribution in [2.24, 2.45) is 0 Å². The van der Waals surface area contributed by atoms with E-state index in [-0.39, 0.29) is 22.5 Å². The van der Waals surface area contributed by atoms with Crippen molar-refractivity contribution < 1.29 is 4.79 Å². The zero-order valence-corrected chi connectivity index (χ0v) is 13.5. The lowest BCUT2D eigenvalue weighted by Gasteiger charge is -2.18. The number of amides is 1. The van der Waals surface area contributed by atoms with Crippen LogP contribution in [0, 0.1) is 0 Å². The number of hydrogen-bond acceptors (Lipinski definition) is 3. The monoisotopic (exact) mass is 335 g/mol. The molecule has 24 heavy (non-hydrogen) atoms. The third-order valence-electron chi connectivity index (χ3n) is 4.29. The van der Waals surface area contributed by atoms with Gasteiger partial charge in [0.25, 0.3) is 5.91 Å². The van der Waals surface area contributed by atoms with Crippen LogP contribution in [0.25, 0.3) is 0 Å². The Morgan fingerprint density at radius 2 is 1.83 bits per heavy atom. The maximum Gasteiger partial charge on any atom is 0.278 e. The van der Waals surface area contributed by atoms with E-state index < -0.39 is 0 Å². The van der Waals surface area contributed by atoms with Crippen molar-refractivity contribution in [3.63, 3.8) is 0 Å². The van der Waals surface area contributed by atoms with Crippen LogP contribution in [0.5, 0.6) is 0 Å². The van der Waals surface area contributed by atoms with Crippen molar-refractivity contribution in [2.45, 2.75) is 5.92 Å². The number of halogens is 1. The SMILES string of the molecule is O=C(c1ncncc1Cl)N1CC(c2ccccc2)c2ccccc21. The van der Waals surface area contributed by atoms with Crippen LogP contribution >= 0.6 is 11.6 Å². The molecular formula is C19H14ClN3O. The van der Waals surface area contributed by atoms with E-state index in [1.165, 1.54) is 18.1 Å². The minimum Gasteiger partial charge on any atom is -0.306 e. The van der Waals surface area contributed by atoms with Crippen molar-refractivity contribution in [2.75, 3.05) is 11.4 Å². The summed E-state index contributed by atoms with van der Waals surface area (Å²) in [7, 11) is 0. The summed E-state index contributed by atoms with van der Waals surface area (Å²) in [5, 5.41) is 0.267. The molecule has 1 aliphatic heterocycles. The van der Waals surface area contributed by atoms with E-state index >= 15 is 0 Å². The highest BCUT2D eigenvalue weighted by molar-refractivity contribution is 6.34. The van der Waals surface area contributed by atoms with Gasteiger partial charge in [-0.2, -0.15) is 0 Å². The summed E-state index contributed by atoms with van der Waals surface area (Å²) in [6.45, 7) is 0.572. The molecule has 0 saturated heterocycles. The Kier molecular flexibility index (Phi) is 3.75. The number of benzene rings is 2. The first kappa shape index (κ1) is 14.8. The fourth-order valence-electron chi connectivity index (χ4n) is 3.17. The van der Waals surface area contributed by atoms with Gasteiger partial charge in [-0.15, -0.1) is 0 Å². The van der Waals surface area contributed by atoms with E-state index in [1.54, 1.807) is 4.90 Å². The summed E-state index contributed by atoms with van der Waals surface area (Å²) in [5.41, 5.74) is 3.47. The van der Waals surface area contributed by atoms with Gasteiger partial charge in [-0.25, -0.2) is 9.97 Å². The first-order chi connectivity index (χ1) is 11.8. The topological polar surface area (TPSA) is 46.1 Å². The van der Waals surface area contributed by atoms with Crippen LogP contribution in [-0.2, 0) is 0 Å². The zero-order valence-electron chi connectivity index (χ0n) is 12.8. The first-order valence-corrected chi connectivity index (χ1v) is 8.05. The van der Waals surface area contributed by atoms with Crippen molar-refractivity contribution in [1.82, 2.24) is 9.97 Å². The predicted molar refractivity (Wildman–Crippen MR) is 93.4 cm³/mol. The van der Waals surface area contributed by atoms with E-state index in [9.17, 15) is 4.79 Å². The van der Waals surface area contributed by atoms with Crippen LogP contribution in [-0.4, -0.2) is 22.4 Å². The van der Waals surface area contributed by atoms with Gasteiger partial charge in [0.15, 0.2) is 5.69 Å². The highest BCUT2D eigenvalue weighted by Gasteiger charge is 2.34. The molecule has 2 heterocycles. The molecule has 118 valence electrons. The molecular weight excluding hydrogens is 322 g/mol. The molecule has 0 N–H and O–H groups in total. The molecule has 1 atom stereocenters. The minimum absolute atomic E-state index is 0.145. The van der Waals surface area contributed by atoms with Gasteiger partial charge in [0.2, 0.25) is 0 Å². The molecule has 4 nitrogen and oxygen atoms in total. The van der Waals surface area contributed by atoms with Gasteiger partial charge >= 0.3 is 0 Å². The van der Waals surface area contributed by atoms with Gasteiger partial charge in [-0.1, -0.05) is 60.1 Å². The zero-order chi connectivity index (χ0) is 16.5. The smallest absolute Gasteiger partial charge is 0.278 e. The molecule has 3 aromatic rings. The number of anilines is 1. The number of fused-ring (bicyclic) bond motifs is 1. The lowest BCUT2D eigenvalue weighted by molar-refractivity contribution is 0.0984. The Labute approximate surface area is 144 Å². The Balaban J connectivity index is 1.76. The van der Waals surface area contributed by atoms with Gasteiger partial charge in [-0.3, -0.25) is 4.79 Å². The van der Waals surface area contributed by atoms with Crippen molar-refractivity contribution in [1.29, 1.82) is 0 Å². The average molecular weight is 336 g/mol. The molecule has 2 aromatic carbocycles. The average Bonchev–Trinajstić information content (AvgIpc) is 3.02. The lowest BCUT2D eigenvalue weighted by Crippen LogP contribution is -2.31. The third-order valence-corrected chi connectivity index (χ3v) is 4.56. The summed E-state index contributed by atoms with van der Waals surface area (Å²) in [6.07, 6.45) is 2.79. The molecule has 0 bridgehead atoms. The van der Waals surface area contributed by atoms with Crippen molar-refractivity contribution in [3.8, 4) is 0 Å². The molecule has 0 spiro atoms. The van der Waals surface area contributed by atoms with Crippen molar-refractivity contribution in [3.05, 3.63) is 89.0 Å². The number of aromatic nitrogens is 2. The molecule has 1 unspecified atom stereocenters. The first-order valence-electron chi connectivity index (χ1n) is 7.67. The van der Waals surface area contributed by atoms with Crippen LogP contribution in [0.3, 0.4) is 0 Å². The second-order valence-corrected chi connectivity index (χ2v) is 6.06. The van der Waals surface area contributed by atoms with E-state index in [1.807, 2.05) is 36.4 Å². The van der Waals surface area contributed by atoms with E-state index in [4.69, 9.17) is 11.6 Å². The second kappa shape index (κ2) is 6.06. The summed E-state index contributed by atoms with van der Waals surface area (Å²) in [5.74, 6) is -0.0553. The largest absolute Gasteiger partial charge is 0.306 e. The molecule has 0 saturated carbocycles. The maximum atomic E-state index is 13.0. The van der Waals surface area contributed by atoms with Gasteiger partial charge in [0, 0.05) is 24.3 Å². The Bertz CT molecular complexity index is 898. The summed E-state index contributed by atoms with van der Waals surface area (Å²) in [4.78, 5) is 22.6. The van der Waals surface area contributed by atoms with Crippen LogP contribution in [0.4, 0.5) is 5.69 Å². The molecule has 4 rings (SSSR count). The lowest BCUT2D eigenvalue weighted by atomic mass is 9.93. The van der Waals surface area contributed by atoms with E-state index in [0.29, 0.717) is 6.54 Å². The number of hydrogen-bond donors (Lipinski definition) is 0. The molecule has 1 aliphatic rings. The summed E-state index contributed by atoms with van der Waals surface area (Å²) < 4.78 is 0. The van der Waals surface area contributed by atoms with Crippen LogP contribution in [0.1, 0.15) is 27.5 Å². The number of carbonyl (C=O) groups is 1.